The van der Waals surface area contributed by atoms with Crippen LogP contribution >= 0.6 is 23.4 Å². The third kappa shape index (κ3) is 4.90. The molecule has 4 rings (SSSR count). The predicted octanol–water partition coefficient (Wildman–Crippen LogP) is 5.24. The molecule has 0 aliphatic carbocycles. The minimum absolute atomic E-state index is 0.199. The number of unbranched alkanes of at least 4 members (excludes halogenated alkanes) is 2. The van der Waals surface area contributed by atoms with Gasteiger partial charge in [0, 0.05) is 43.2 Å². The van der Waals surface area contributed by atoms with Crippen LogP contribution < -0.4 is 9.47 Å². The summed E-state index contributed by atoms with van der Waals surface area (Å²) in [6.45, 7) is 2.07. The Hall–Kier alpha value is -2.05. The number of aliphatic hydroxyl groups is 2. The molecule has 0 bridgehead atoms. The van der Waals surface area contributed by atoms with Gasteiger partial charge in [0.2, 0.25) is 5.52 Å². The molecule has 0 spiro atoms. The molecule has 1 aliphatic heterocycles. The molecule has 0 saturated heterocycles. The first-order valence-electron chi connectivity index (χ1n) is 10.8. The Labute approximate surface area is 192 Å². The van der Waals surface area contributed by atoms with Crippen molar-refractivity contribution in [1.29, 1.82) is 0 Å². The number of fused-ring (bicyclic) bond motifs is 2. The van der Waals surface area contributed by atoms with Crippen LogP contribution in [0, 0.1) is 0 Å². The molecule has 31 heavy (non-hydrogen) atoms. The number of hydrogen-bond donors (Lipinski definition) is 2. The summed E-state index contributed by atoms with van der Waals surface area (Å²) < 4.78 is 2.13. The van der Waals surface area contributed by atoms with Gasteiger partial charge in [-0.1, -0.05) is 36.0 Å². The average molecular weight is 456 g/mol. The summed E-state index contributed by atoms with van der Waals surface area (Å²) in [6.07, 6.45) is 5.61. The number of hydrogen-bond acceptors (Lipinski definition) is 4. The average Bonchev–Trinajstić information content (AvgIpc) is 3.13. The summed E-state index contributed by atoms with van der Waals surface area (Å²) in [5.41, 5.74) is 3.43. The number of anilines is 1. The molecule has 0 unspecified atom stereocenters. The van der Waals surface area contributed by atoms with Crippen LogP contribution in [0.2, 0.25) is 5.15 Å². The second-order valence-electron chi connectivity index (χ2n) is 7.66. The quantitative estimate of drug-likeness (QED) is 0.263. The maximum atomic E-state index is 9.22. The summed E-state index contributed by atoms with van der Waals surface area (Å²) in [4.78, 5) is 3.60. The number of pyridine rings is 1. The van der Waals surface area contributed by atoms with Gasteiger partial charge >= 0.3 is 0 Å². The molecule has 6 heteroatoms. The summed E-state index contributed by atoms with van der Waals surface area (Å²) >= 11 is 8.50. The second kappa shape index (κ2) is 10.5. The van der Waals surface area contributed by atoms with E-state index >= 15 is 0 Å². The van der Waals surface area contributed by atoms with Crippen LogP contribution in [0.25, 0.3) is 17.0 Å². The first-order chi connectivity index (χ1) is 15.2. The Balaban J connectivity index is 1.73. The topological polar surface area (TPSA) is 47.6 Å². The van der Waals surface area contributed by atoms with E-state index in [1.165, 1.54) is 15.6 Å². The van der Waals surface area contributed by atoms with Crippen molar-refractivity contribution in [1.82, 2.24) is 0 Å². The molecule has 2 aromatic carbocycles. The van der Waals surface area contributed by atoms with Gasteiger partial charge in [0.05, 0.1) is 16.1 Å². The van der Waals surface area contributed by atoms with Crippen LogP contribution in [-0.2, 0) is 6.54 Å². The maximum absolute atomic E-state index is 9.22. The number of aliphatic hydroxyl groups excluding tert-OH is 2. The Bertz CT molecular complexity index is 1090. The number of benzene rings is 2. The summed E-state index contributed by atoms with van der Waals surface area (Å²) in [5, 5.41) is 21.4. The van der Waals surface area contributed by atoms with E-state index in [-0.39, 0.29) is 13.2 Å². The number of nitrogens with zero attached hydrogens (tertiary/aromatic N) is 2. The Morgan fingerprint density at radius 2 is 1.68 bits per heavy atom. The lowest BCUT2D eigenvalue weighted by atomic mass is 10.1. The van der Waals surface area contributed by atoms with Crippen LogP contribution in [0.3, 0.4) is 0 Å². The van der Waals surface area contributed by atoms with Crippen molar-refractivity contribution in [3.63, 3.8) is 0 Å². The third-order valence-electron chi connectivity index (χ3n) is 5.53. The number of thioether (sulfide) groups is 1. The van der Waals surface area contributed by atoms with Gasteiger partial charge in [0.15, 0.2) is 6.54 Å². The third-order valence-corrected chi connectivity index (χ3v) is 6.96. The lowest BCUT2D eigenvalue weighted by Gasteiger charge is -2.20. The van der Waals surface area contributed by atoms with Crippen molar-refractivity contribution in [2.24, 2.45) is 0 Å². The number of halogens is 1. The highest BCUT2D eigenvalue weighted by Gasteiger charge is 2.25. The van der Waals surface area contributed by atoms with E-state index in [2.05, 4.69) is 58.0 Å². The van der Waals surface area contributed by atoms with Crippen LogP contribution in [0.5, 0.6) is 0 Å². The fourth-order valence-corrected chi connectivity index (χ4v) is 5.42. The van der Waals surface area contributed by atoms with E-state index in [0.717, 1.165) is 55.2 Å². The van der Waals surface area contributed by atoms with Crippen LogP contribution in [0.1, 0.15) is 31.2 Å². The number of rotatable bonds is 9. The molecule has 1 aromatic heterocycles. The normalized spacial score (nSPS) is 14.5. The van der Waals surface area contributed by atoms with Crippen molar-refractivity contribution in [2.75, 3.05) is 24.7 Å². The first kappa shape index (κ1) is 22.2. The fraction of sp³-hybridized carbons (Fsp3) is 0.320. The lowest BCUT2D eigenvalue weighted by molar-refractivity contribution is -0.669. The van der Waals surface area contributed by atoms with Gasteiger partial charge in [-0.05, 0) is 60.7 Å². The van der Waals surface area contributed by atoms with Crippen molar-refractivity contribution in [3.8, 4) is 0 Å². The monoisotopic (exact) mass is 455 g/mol. The molecule has 0 amide bonds. The van der Waals surface area contributed by atoms with Crippen molar-refractivity contribution in [3.05, 3.63) is 70.3 Å². The Morgan fingerprint density at radius 3 is 2.52 bits per heavy atom. The van der Waals surface area contributed by atoms with Gasteiger partial charge < -0.3 is 15.1 Å². The number of aromatic nitrogens is 1. The zero-order chi connectivity index (χ0) is 21.6. The highest BCUT2D eigenvalue weighted by Crippen LogP contribution is 2.46. The van der Waals surface area contributed by atoms with Gasteiger partial charge in [-0.3, -0.25) is 0 Å². The zero-order valence-electron chi connectivity index (χ0n) is 17.5. The second-order valence-corrected chi connectivity index (χ2v) is 9.11. The van der Waals surface area contributed by atoms with E-state index in [1.54, 1.807) is 11.8 Å². The Kier molecular flexibility index (Phi) is 7.51. The molecular weight excluding hydrogens is 428 g/mol. The van der Waals surface area contributed by atoms with Gasteiger partial charge in [0.25, 0.3) is 5.15 Å². The molecule has 3 aromatic rings. The van der Waals surface area contributed by atoms with Gasteiger partial charge in [-0.15, -0.1) is 0 Å². The molecule has 162 valence electrons. The minimum atomic E-state index is 0.199. The molecule has 4 nitrogen and oxygen atoms in total. The molecule has 0 atom stereocenters. The van der Waals surface area contributed by atoms with Crippen molar-refractivity contribution < 1.29 is 14.8 Å². The summed E-state index contributed by atoms with van der Waals surface area (Å²) in [7, 11) is 0. The van der Waals surface area contributed by atoms with E-state index in [9.17, 15) is 5.11 Å². The molecule has 2 N–H and O–H groups in total. The minimum Gasteiger partial charge on any atom is -0.396 e. The standard InChI is InChI=1S/C25H28ClN2O2S/c26-24-17-19(20-9-1-2-10-21(20)27(24)13-5-7-15-29)18-25-28(14-6-8-16-30)22-11-3-4-12-23(22)31-25/h1-4,9-12,17-18,29-30H,5-8,13-16H2/q+1. The highest BCUT2D eigenvalue weighted by atomic mass is 35.5. The number of para-hydroxylation sites is 2. The van der Waals surface area contributed by atoms with Gasteiger partial charge in [-0.2, -0.15) is 4.57 Å². The molecule has 0 saturated carbocycles. The fourth-order valence-electron chi connectivity index (χ4n) is 3.99. The molecule has 1 aliphatic rings. The molecule has 0 radical (unpaired) electrons. The summed E-state index contributed by atoms with van der Waals surface area (Å²) in [5.74, 6) is 0. The zero-order valence-corrected chi connectivity index (χ0v) is 19.1. The molecule has 0 fully saturated rings. The van der Waals surface area contributed by atoms with Crippen LogP contribution in [0.15, 0.2) is 64.5 Å². The smallest absolute Gasteiger partial charge is 0.276 e. The number of aryl methyl sites for hydroxylation is 1. The van der Waals surface area contributed by atoms with Gasteiger partial charge in [0.1, 0.15) is 0 Å². The van der Waals surface area contributed by atoms with Crippen LogP contribution in [0.4, 0.5) is 5.69 Å². The maximum Gasteiger partial charge on any atom is 0.276 e. The van der Waals surface area contributed by atoms with E-state index in [0.29, 0.717) is 5.15 Å². The van der Waals surface area contributed by atoms with E-state index in [4.69, 9.17) is 16.7 Å². The molecule has 2 heterocycles. The Morgan fingerprint density at radius 1 is 0.935 bits per heavy atom. The highest BCUT2D eigenvalue weighted by molar-refractivity contribution is 8.03. The van der Waals surface area contributed by atoms with E-state index in [1.807, 2.05) is 12.1 Å². The largest absolute Gasteiger partial charge is 0.396 e. The molecular formula is C25H28ClN2O2S+. The lowest BCUT2D eigenvalue weighted by Crippen LogP contribution is -2.36. The summed E-state index contributed by atoms with van der Waals surface area (Å²) in [6, 6.07) is 18.9. The van der Waals surface area contributed by atoms with E-state index < -0.39 is 0 Å². The van der Waals surface area contributed by atoms with Crippen molar-refractivity contribution in [2.45, 2.75) is 37.1 Å². The first-order valence-corrected chi connectivity index (χ1v) is 12.0. The van der Waals surface area contributed by atoms with Gasteiger partial charge in [-0.25, -0.2) is 0 Å². The SMILES string of the molecule is OCCCCN1C(=Cc2cc(Cl)[n+](CCCCO)c3ccccc23)Sc2ccccc21. The predicted molar refractivity (Wildman–Crippen MR) is 129 cm³/mol. The van der Waals surface area contributed by atoms with Crippen molar-refractivity contribution >= 4 is 46.0 Å². The van der Waals surface area contributed by atoms with Crippen LogP contribution in [-0.4, -0.2) is 30.0 Å².